The van der Waals surface area contributed by atoms with Crippen LogP contribution in [0, 0.1) is 0 Å². The van der Waals surface area contributed by atoms with E-state index in [1.54, 1.807) is 18.2 Å². The van der Waals surface area contributed by atoms with Gasteiger partial charge in [-0.1, -0.05) is 84.5 Å². The van der Waals surface area contributed by atoms with Crippen LogP contribution in [-0.2, 0) is 32.6 Å². The minimum absolute atomic E-state index is 0.00829. The van der Waals surface area contributed by atoms with Gasteiger partial charge in [-0.05, 0) is 48.4 Å². The summed E-state index contributed by atoms with van der Waals surface area (Å²) < 4.78 is 27.4. The van der Waals surface area contributed by atoms with Gasteiger partial charge in [-0.25, -0.2) is 8.42 Å². The molecule has 0 spiro atoms. The molecule has 3 rings (SSSR count). The Bertz CT molecular complexity index is 1380. The standard InChI is InChI=1S/C29H32Cl3N3O4S/c1-3-4-17-33-29(37)27(18-21-9-6-5-7-10-21)35(19-24-25(31)11-8-12-26(24)32)28(36)20-34(2)40(38,39)23-15-13-22(30)14-16-23/h5-16,27H,3-4,17-20H2,1-2H3,(H,33,37)/t27-/m0/s1. The lowest BCUT2D eigenvalue weighted by Gasteiger charge is -2.33. The summed E-state index contributed by atoms with van der Waals surface area (Å²) in [6.45, 7) is 1.85. The van der Waals surface area contributed by atoms with Gasteiger partial charge >= 0.3 is 0 Å². The van der Waals surface area contributed by atoms with Crippen molar-refractivity contribution in [3.8, 4) is 0 Å². The van der Waals surface area contributed by atoms with Crippen LogP contribution in [0.5, 0.6) is 0 Å². The molecular weight excluding hydrogens is 593 g/mol. The van der Waals surface area contributed by atoms with Gasteiger partial charge in [0.15, 0.2) is 0 Å². The first-order valence-electron chi connectivity index (χ1n) is 12.8. The molecule has 0 radical (unpaired) electrons. The maximum Gasteiger partial charge on any atom is 0.243 e. The van der Waals surface area contributed by atoms with Crippen LogP contribution in [0.15, 0.2) is 77.7 Å². The Morgan fingerprint density at radius 3 is 2.12 bits per heavy atom. The molecule has 0 unspecified atom stereocenters. The average Bonchev–Trinajstić information content (AvgIpc) is 2.92. The molecule has 0 saturated carbocycles. The number of likely N-dealkylation sites (N-methyl/N-ethyl adjacent to an activating group) is 1. The van der Waals surface area contributed by atoms with Crippen LogP contribution in [0.25, 0.3) is 0 Å². The third kappa shape index (κ3) is 8.44. The predicted molar refractivity (Wildman–Crippen MR) is 160 cm³/mol. The fourth-order valence-corrected chi connectivity index (χ4v) is 5.83. The number of hydrogen-bond donors (Lipinski definition) is 1. The molecule has 214 valence electrons. The lowest BCUT2D eigenvalue weighted by atomic mass is 10.0. The Hall–Kier alpha value is -2.62. The van der Waals surface area contributed by atoms with E-state index in [2.05, 4.69) is 5.32 Å². The lowest BCUT2D eigenvalue weighted by molar-refractivity contribution is -0.141. The minimum Gasteiger partial charge on any atom is -0.354 e. The van der Waals surface area contributed by atoms with Crippen molar-refractivity contribution in [1.29, 1.82) is 0 Å². The van der Waals surface area contributed by atoms with E-state index in [4.69, 9.17) is 34.8 Å². The van der Waals surface area contributed by atoms with Crippen molar-refractivity contribution in [3.63, 3.8) is 0 Å². The highest BCUT2D eigenvalue weighted by Gasteiger charge is 2.33. The molecule has 3 aromatic rings. The number of nitrogens with one attached hydrogen (secondary N) is 1. The van der Waals surface area contributed by atoms with Gasteiger partial charge in [-0.15, -0.1) is 0 Å². The number of nitrogens with zero attached hydrogens (tertiary/aromatic N) is 2. The zero-order chi connectivity index (χ0) is 29.3. The first kappa shape index (κ1) is 31.9. The largest absolute Gasteiger partial charge is 0.354 e. The number of hydrogen-bond acceptors (Lipinski definition) is 4. The highest BCUT2D eigenvalue weighted by molar-refractivity contribution is 7.89. The predicted octanol–water partition coefficient (Wildman–Crippen LogP) is 5.82. The van der Waals surface area contributed by atoms with E-state index in [1.807, 2.05) is 37.3 Å². The SMILES string of the molecule is CCCCNC(=O)[C@H](Cc1ccccc1)N(Cc1c(Cl)cccc1Cl)C(=O)CN(C)S(=O)(=O)c1ccc(Cl)cc1. The highest BCUT2D eigenvalue weighted by atomic mass is 35.5. The molecule has 0 fully saturated rings. The highest BCUT2D eigenvalue weighted by Crippen LogP contribution is 2.27. The third-order valence-electron chi connectivity index (χ3n) is 6.37. The molecule has 2 amide bonds. The van der Waals surface area contributed by atoms with E-state index >= 15 is 0 Å². The van der Waals surface area contributed by atoms with E-state index in [-0.39, 0.29) is 23.8 Å². The first-order chi connectivity index (χ1) is 19.0. The van der Waals surface area contributed by atoms with Crippen molar-refractivity contribution in [3.05, 3.63) is 99.0 Å². The van der Waals surface area contributed by atoms with Gasteiger partial charge in [0, 0.05) is 47.2 Å². The topological polar surface area (TPSA) is 86.8 Å². The van der Waals surface area contributed by atoms with Crippen LogP contribution in [0.4, 0.5) is 0 Å². The van der Waals surface area contributed by atoms with Crippen LogP contribution in [0.3, 0.4) is 0 Å². The molecule has 0 heterocycles. The number of unbranched alkanes of at least 4 members (excludes halogenated alkanes) is 1. The van der Waals surface area contributed by atoms with E-state index in [0.717, 1.165) is 22.7 Å². The smallest absolute Gasteiger partial charge is 0.243 e. The molecule has 11 heteroatoms. The number of rotatable bonds is 13. The van der Waals surface area contributed by atoms with E-state index < -0.39 is 28.5 Å². The second kappa shape index (κ2) is 14.8. The lowest BCUT2D eigenvalue weighted by Crippen LogP contribution is -2.53. The van der Waals surface area contributed by atoms with Gasteiger partial charge in [0.2, 0.25) is 21.8 Å². The Morgan fingerprint density at radius 1 is 0.900 bits per heavy atom. The molecule has 0 bridgehead atoms. The molecular formula is C29H32Cl3N3O4S. The quantitative estimate of drug-likeness (QED) is 0.243. The maximum atomic E-state index is 13.9. The summed E-state index contributed by atoms with van der Waals surface area (Å²) >= 11 is 18.8. The summed E-state index contributed by atoms with van der Waals surface area (Å²) in [5.74, 6) is -0.931. The molecule has 1 atom stereocenters. The van der Waals surface area contributed by atoms with Crippen molar-refractivity contribution >= 4 is 56.6 Å². The Kier molecular flexibility index (Phi) is 11.8. The summed E-state index contributed by atoms with van der Waals surface area (Å²) in [6, 6.07) is 19.0. The van der Waals surface area contributed by atoms with Gasteiger partial charge < -0.3 is 10.2 Å². The average molecular weight is 625 g/mol. The third-order valence-corrected chi connectivity index (χ3v) is 9.15. The monoisotopic (exact) mass is 623 g/mol. The fraction of sp³-hybridized carbons (Fsp3) is 0.310. The molecule has 3 aromatic carbocycles. The van der Waals surface area contributed by atoms with E-state index in [9.17, 15) is 18.0 Å². The van der Waals surface area contributed by atoms with Gasteiger partial charge in [0.25, 0.3) is 0 Å². The number of halogens is 3. The van der Waals surface area contributed by atoms with E-state index in [0.29, 0.717) is 27.2 Å². The Labute approximate surface area is 251 Å². The van der Waals surface area contributed by atoms with E-state index in [1.165, 1.54) is 36.2 Å². The Morgan fingerprint density at radius 2 is 1.52 bits per heavy atom. The second-order valence-electron chi connectivity index (χ2n) is 9.29. The number of carbonyl (C=O) groups is 2. The zero-order valence-electron chi connectivity index (χ0n) is 22.3. The first-order valence-corrected chi connectivity index (χ1v) is 15.4. The van der Waals surface area contributed by atoms with Crippen molar-refractivity contribution < 1.29 is 18.0 Å². The van der Waals surface area contributed by atoms with Crippen molar-refractivity contribution in [2.75, 3.05) is 20.1 Å². The maximum absolute atomic E-state index is 13.9. The summed E-state index contributed by atoms with van der Waals surface area (Å²) in [5, 5.41) is 3.97. The van der Waals surface area contributed by atoms with Gasteiger partial charge in [-0.3, -0.25) is 9.59 Å². The Balaban J connectivity index is 2.00. The number of sulfonamides is 1. The number of amides is 2. The molecule has 0 saturated heterocycles. The summed E-state index contributed by atoms with van der Waals surface area (Å²) in [7, 11) is -2.71. The second-order valence-corrected chi connectivity index (χ2v) is 12.6. The molecule has 0 aliphatic rings. The number of carbonyl (C=O) groups excluding carboxylic acids is 2. The molecule has 0 aliphatic heterocycles. The molecule has 0 aliphatic carbocycles. The van der Waals surface area contributed by atoms with Crippen LogP contribution >= 0.6 is 34.8 Å². The van der Waals surface area contributed by atoms with Crippen LogP contribution in [0.2, 0.25) is 15.1 Å². The van der Waals surface area contributed by atoms with Gasteiger partial charge in [-0.2, -0.15) is 4.31 Å². The summed E-state index contributed by atoms with van der Waals surface area (Å²) in [4.78, 5) is 28.8. The molecule has 0 aromatic heterocycles. The summed E-state index contributed by atoms with van der Waals surface area (Å²) in [5.41, 5.74) is 1.30. The van der Waals surface area contributed by atoms with Crippen molar-refractivity contribution in [1.82, 2.24) is 14.5 Å². The van der Waals surface area contributed by atoms with Crippen molar-refractivity contribution in [2.45, 2.75) is 43.7 Å². The fourth-order valence-electron chi connectivity index (χ4n) is 4.07. The zero-order valence-corrected chi connectivity index (χ0v) is 25.4. The molecule has 40 heavy (non-hydrogen) atoms. The normalized spacial score (nSPS) is 12.2. The molecule has 1 N–H and O–H groups in total. The molecule has 7 nitrogen and oxygen atoms in total. The number of benzene rings is 3. The van der Waals surface area contributed by atoms with Crippen LogP contribution in [0.1, 0.15) is 30.9 Å². The minimum atomic E-state index is -4.02. The van der Waals surface area contributed by atoms with Gasteiger partial charge in [0.05, 0.1) is 11.4 Å². The van der Waals surface area contributed by atoms with Gasteiger partial charge in [0.1, 0.15) is 6.04 Å². The van der Waals surface area contributed by atoms with Crippen LogP contribution < -0.4 is 5.32 Å². The van der Waals surface area contributed by atoms with Crippen LogP contribution in [-0.4, -0.2) is 55.6 Å². The van der Waals surface area contributed by atoms with Crippen molar-refractivity contribution in [2.24, 2.45) is 0 Å². The summed E-state index contributed by atoms with van der Waals surface area (Å²) in [6.07, 6.45) is 1.87.